The van der Waals surface area contributed by atoms with Gasteiger partial charge in [-0.3, -0.25) is 4.79 Å². The highest BCUT2D eigenvalue weighted by molar-refractivity contribution is 5.81. The number of amides is 1. The summed E-state index contributed by atoms with van der Waals surface area (Å²) in [6.45, 7) is 6.51. The normalized spacial score (nSPS) is 18.2. The Labute approximate surface area is 154 Å². The van der Waals surface area contributed by atoms with Crippen molar-refractivity contribution < 1.29 is 14.3 Å². The van der Waals surface area contributed by atoms with Crippen LogP contribution in [-0.2, 0) is 16.1 Å². The van der Waals surface area contributed by atoms with Gasteiger partial charge < -0.3 is 20.1 Å². The van der Waals surface area contributed by atoms with Crippen LogP contribution >= 0.6 is 0 Å². The zero-order valence-electron chi connectivity index (χ0n) is 15.3. The first-order valence-corrected chi connectivity index (χ1v) is 9.03. The predicted molar refractivity (Wildman–Crippen MR) is 101 cm³/mol. The van der Waals surface area contributed by atoms with Gasteiger partial charge in [-0.2, -0.15) is 0 Å². The van der Waals surface area contributed by atoms with Gasteiger partial charge in [0.15, 0.2) is 0 Å². The van der Waals surface area contributed by atoms with Crippen LogP contribution in [0.15, 0.2) is 48.5 Å². The van der Waals surface area contributed by atoms with Gasteiger partial charge in [-0.05, 0) is 37.1 Å². The molecule has 3 rings (SSSR count). The topological polar surface area (TPSA) is 59.6 Å². The molecule has 1 aliphatic rings. The van der Waals surface area contributed by atoms with Crippen molar-refractivity contribution in [1.29, 1.82) is 0 Å². The van der Waals surface area contributed by atoms with Crippen LogP contribution in [0.25, 0.3) is 0 Å². The molecule has 26 heavy (non-hydrogen) atoms. The summed E-state index contributed by atoms with van der Waals surface area (Å²) in [7, 11) is 0. The molecule has 0 saturated carbocycles. The molecular formula is C21H26N2O3. The summed E-state index contributed by atoms with van der Waals surface area (Å²) in [5, 5.41) is 6.17. The van der Waals surface area contributed by atoms with Gasteiger partial charge in [0.25, 0.3) is 5.91 Å². The number of carbonyl (C=O) groups excluding carboxylic acids is 1. The standard InChI is InChI=1S/C21H26N2O3/c1-15-4-3-5-17(12-15)14-26-19-8-6-18(7-9-19)16(2)23-21(24)20-13-22-10-11-25-20/h3-9,12,16,20,22H,10-11,13-14H2,1-2H3,(H,23,24). The van der Waals surface area contributed by atoms with Crippen molar-refractivity contribution in [2.45, 2.75) is 32.6 Å². The van der Waals surface area contributed by atoms with E-state index in [0.717, 1.165) is 23.4 Å². The van der Waals surface area contributed by atoms with E-state index in [4.69, 9.17) is 9.47 Å². The summed E-state index contributed by atoms with van der Waals surface area (Å²) in [4.78, 5) is 12.2. The number of benzene rings is 2. The maximum atomic E-state index is 12.2. The van der Waals surface area contributed by atoms with Crippen LogP contribution in [0.3, 0.4) is 0 Å². The van der Waals surface area contributed by atoms with E-state index in [2.05, 4.69) is 35.8 Å². The van der Waals surface area contributed by atoms with Crippen molar-refractivity contribution in [3.05, 3.63) is 65.2 Å². The quantitative estimate of drug-likeness (QED) is 0.837. The minimum absolute atomic E-state index is 0.0792. The molecule has 2 aromatic carbocycles. The number of carbonyl (C=O) groups is 1. The fraction of sp³-hybridized carbons (Fsp3) is 0.381. The molecule has 138 valence electrons. The van der Waals surface area contributed by atoms with Gasteiger partial charge in [0.2, 0.25) is 0 Å². The van der Waals surface area contributed by atoms with Crippen molar-refractivity contribution in [2.24, 2.45) is 0 Å². The molecule has 0 aromatic heterocycles. The number of nitrogens with one attached hydrogen (secondary N) is 2. The molecule has 2 N–H and O–H groups in total. The molecule has 1 heterocycles. The molecular weight excluding hydrogens is 328 g/mol. The summed E-state index contributed by atoms with van der Waals surface area (Å²) in [6.07, 6.45) is -0.414. The van der Waals surface area contributed by atoms with Crippen molar-refractivity contribution in [3.8, 4) is 5.75 Å². The first-order valence-electron chi connectivity index (χ1n) is 9.03. The molecule has 0 aliphatic carbocycles. The third-order valence-electron chi connectivity index (χ3n) is 4.45. The minimum Gasteiger partial charge on any atom is -0.489 e. The Morgan fingerprint density at radius 3 is 2.81 bits per heavy atom. The van der Waals surface area contributed by atoms with E-state index < -0.39 is 6.10 Å². The summed E-state index contributed by atoms with van der Waals surface area (Å²) >= 11 is 0. The van der Waals surface area contributed by atoms with Gasteiger partial charge in [-0.1, -0.05) is 42.0 Å². The van der Waals surface area contributed by atoms with Gasteiger partial charge in [0.05, 0.1) is 12.6 Å². The average molecular weight is 354 g/mol. The lowest BCUT2D eigenvalue weighted by atomic mass is 10.1. The van der Waals surface area contributed by atoms with Crippen LogP contribution in [-0.4, -0.2) is 31.7 Å². The van der Waals surface area contributed by atoms with Crippen LogP contribution in [0.4, 0.5) is 0 Å². The molecule has 0 bridgehead atoms. The van der Waals surface area contributed by atoms with Crippen LogP contribution in [0.5, 0.6) is 5.75 Å². The zero-order valence-corrected chi connectivity index (χ0v) is 15.3. The maximum absolute atomic E-state index is 12.2. The van der Waals surface area contributed by atoms with Crippen molar-refractivity contribution in [2.75, 3.05) is 19.7 Å². The van der Waals surface area contributed by atoms with Gasteiger partial charge >= 0.3 is 0 Å². The first kappa shape index (κ1) is 18.4. The number of hydrogen-bond acceptors (Lipinski definition) is 4. The molecule has 1 fully saturated rings. The second kappa shape index (κ2) is 8.83. The Hall–Kier alpha value is -2.37. The third kappa shape index (κ3) is 5.07. The molecule has 5 nitrogen and oxygen atoms in total. The van der Waals surface area contributed by atoms with Crippen LogP contribution in [0.1, 0.15) is 29.7 Å². The summed E-state index contributed by atoms with van der Waals surface area (Å²) < 4.78 is 11.3. The zero-order chi connectivity index (χ0) is 18.4. The van der Waals surface area contributed by atoms with Crippen molar-refractivity contribution in [3.63, 3.8) is 0 Å². The summed E-state index contributed by atoms with van der Waals surface area (Å²) in [5.74, 6) is 0.734. The number of ether oxygens (including phenoxy) is 2. The fourth-order valence-electron chi connectivity index (χ4n) is 2.94. The number of morpholine rings is 1. The summed E-state index contributed by atoms with van der Waals surface area (Å²) in [6, 6.07) is 16.0. The average Bonchev–Trinajstić information content (AvgIpc) is 2.67. The van der Waals surface area contributed by atoms with E-state index in [9.17, 15) is 4.79 Å². The van der Waals surface area contributed by atoms with E-state index in [0.29, 0.717) is 19.8 Å². The molecule has 5 heteroatoms. The Balaban J connectivity index is 1.52. The van der Waals surface area contributed by atoms with Gasteiger partial charge in [0, 0.05) is 13.1 Å². The Morgan fingerprint density at radius 2 is 2.12 bits per heavy atom. The van der Waals surface area contributed by atoms with E-state index in [1.165, 1.54) is 5.56 Å². The fourth-order valence-corrected chi connectivity index (χ4v) is 2.94. The highest BCUT2D eigenvalue weighted by Gasteiger charge is 2.23. The van der Waals surface area contributed by atoms with Crippen LogP contribution in [0.2, 0.25) is 0 Å². The number of rotatable bonds is 6. The molecule has 1 aliphatic heterocycles. The van der Waals surface area contributed by atoms with E-state index in [-0.39, 0.29) is 11.9 Å². The molecule has 2 unspecified atom stereocenters. The molecule has 2 atom stereocenters. The molecule has 1 amide bonds. The second-order valence-corrected chi connectivity index (χ2v) is 6.64. The Bertz CT molecular complexity index is 724. The van der Waals surface area contributed by atoms with Crippen LogP contribution < -0.4 is 15.4 Å². The molecule has 0 spiro atoms. The minimum atomic E-state index is -0.414. The Morgan fingerprint density at radius 1 is 1.31 bits per heavy atom. The van der Waals surface area contributed by atoms with Gasteiger partial charge in [-0.25, -0.2) is 0 Å². The Kier molecular flexibility index (Phi) is 6.26. The lowest BCUT2D eigenvalue weighted by molar-refractivity contribution is -0.134. The lowest BCUT2D eigenvalue weighted by Crippen LogP contribution is -2.48. The molecule has 2 aromatic rings. The SMILES string of the molecule is Cc1cccc(COc2ccc(C(C)NC(=O)C3CNCCO3)cc2)c1. The largest absolute Gasteiger partial charge is 0.489 e. The smallest absolute Gasteiger partial charge is 0.250 e. The monoisotopic (exact) mass is 354 g/mol. The predicted octanol–water partition coefficient (Wildman–Crippen LogP) is 2.74. The van der Waals surface area contributed by atoms with Crippen molar-refractivity contribution >= 4 is 5.91 Å². The van der Waals surface area contributed by atoms with E-state index in [1.54, 1.807) is 0 Å². The van der Waals surface area contributed by atoms with Crippen molar-refractivity contribution in [1.82, 2.24) is 10.6 Å². The molecule has 0 radical (unpaired) electrons. The van der Waals surface area contributed by atoms with Crippen LogP contribution in [0, 0.1) is 6.92 Å². The third-order valence-corrected chi connectivity index (χ3v) is 4.45. The number of hydrogen-bond donors (Lipinski definition) is 2. The lowest BCUT2D eigenvalue weighted by Gasteiger charge is -2.24. The van der Waals surface area contributed by atoms with Gasteiger partial charge in [-0.15, -0.1) is 0 Å². The number of aryl methyl sites for hydroxylation is 1. The highest BCUT2D eigenvalue weighted by Crippen LogP contribution is 2.19. The molecule has 1 saturated heterocycles. The highest BCUT2D eigenvalue weighted by atomic mass is 16.5. The summed E-state index contributed by atoms with van der Waals surface area (Å²) in [5.41, 5.74) is 3.41. The maximum Gasteiger partial charge on any atom is 0.250 e. The first-order chi connectivity index (χ1) is 12.6. The van der Waals surface area contributed by atoms with E-state index in [1.807, 2.05) is 37.3 Å². The van der Waals surface area contributed by atoms with E-state index >= 15 is 0 Å². The second-order valence-electron chi connectivity index (χ2n) is 6.64. The van der Waals surface area contributed by atoms with Gasteiger partial charge in [0.1, 0.15) is 18.5 Å².